The van der Waals surface area contributed by atoms with Crippen molar-refractivity contribution >= 4 is 41.3 Å². The molecule has 2 rings (SSSR count). The summed E-state index contributed by atoms with van der Waals surface area (Å²) in [5.74, 6) is -1.59. The lowest BCUT2D eigenvalue weighted by molar-refractivity contribution is -0.384. The summed E-state index contributed by atoms with van der Waals surface area (Å²) in [6.45, 7) is 13.1. The summed E-state index contributed by atoms with van der Waals surface area (Å²) in [6, 6.07) is 9.53. The van der Waals surface area contributed by atoms with Crippen LogP contribution in [-0.2, 0) is 49.4 Å². The second kappa shape index (κ2) is 25.7. The highest BCUT2D eigenvalue weighted by Crippen LogP contribution is 2.18. The Morgan fingerprint density at radius 2 is 1.30 bits per heavy atom. The number of alkyl carbamates (subject to hydrolysis) is 1. The van der Waals surface area contributed by atoms with Gasteiger partial charge in [-0.25, -0.2) is 9.59 Å². The van der Waals surface area contributed by atoms with Crippen LogP contribution in [0.25, 0.3) is 0 Å². The summed E-state index contributed by atoms with van der Waals surface area (Å²) in [7, 11) is 0. The Hall–Kier alpha value is -5.37. The number of hydrogen-bond donors (Lipinski definition) is 4. The molecule has 0 heterocycles. The molecule has 0 fully saturated rings. The number of nitro benzene ring substituents is 1. The predicted octanol–water partition coefficient (Wildman–Crippen LogP) is 3.88. The second-order valence-electron chi connectivity index (χ2n) is 13.7. The van der Waals surface area contributed by atoms with Crippen molar-refractivity contribution < 1.29 is 62.1 Å². The molecule has 57 heavy (non-hydrogen) atoms. The zero-order valence-electron chi connectivity index (χ0n) is 33.3. The fraction of sp³-hybridized carbons (Fsp3) is 0.553. The lowest BCUT2D eigenvalue weighted by Gasteiger charge is -2.24. The third-order valence-electron chi connectivity index (χ3n) is 7.35. The van der Waals surface area contributed by atoms with Gasteiger partial charge >= 0.3 is 12.2 Å². The number of rotatable bonds is 25. The molecule has 1 unspecified atom stereocenters. The van der Waals surface area contributed by atoms with Crippen LogP contribution in [0.5, 0.6) is 5.75 Å². The van der Waals surface area contributed by atoms with Crippen LogP contribution in [0.3, 0.4) is 0 Å². The highest BCUT2D eigenvalue weighted by atomic mass is 16.7. The Bertz CT molecular complexity index is 1570. The maximum Gasteiger partial charge on any atom is 0.514 e. The van der Waals surface area contributed by atoms with Crippen LogP contribution in [0.1, 0.15) is 53.5 Å². The first-order valence-corrected chi connectivity index (χ1v) is 18.4. The molecule has 19 heteroatoms. The van der Waals surface area contributed by atoms with Gasteiger partial charge in [0.05, 0.1) is 57.8 Å². The van der Waals surface area contributed by atoms with E-state index in [2.05, 4.69) is 21.3 Å². The minimum atomic E-state index is -1.00. The molecule has 0 saturated carbocycles. The van der Waals surface area contributed by atoms with Gasteiger partial charge in [-0.05, 0) is 63.4 Å². The minimum Gasteiger partial charge on any atom is -0.444 e. The number of nitrogens with zero attached hydrogens (tertiary/aromatic N) is 1. The molecule has 4 N–H and O–H groups in total. The first-order chi connectivity index (χ1) is 27.0. The van der Waals surface area contributed by atoms with Crippen molar-refractivity contribution in [2.24, 2.45) is 5.92 Å². The minimum absolute atomic E-state index is 0.0188. The Labute approximate surface area is 331 Å². The van der Waals surface area contributed by atoms with E-state index < -0.39 is 46.7 Å². The number of carbonyl (C=O) groups excluding carboxylic acids is 5. The number of benzene rings is 2. The number of anilines is 1. The number of hydrogen-bond acceptors (Lipinski definition) is 14. The average molecular weight is 806 g/mol. The molecule has 4 amide bonds. The van der Waals surface area contributed by atoms with Gasteiger partial charge in [-0.15, -0.1) is 0 Å². The van der Waals surface area contributed by atoms with E-state index >= 15 is 0 Å². The highest BCUT2D eigenvalue weighted by molar-refractivity contribution is 5.98. The summed E-state index contributed by atoms with van der Waals surface area (Å²) in [5, 5.41) is 21.4. The van der Waals surface area contributed by atoms with Crippen molar-refractivity contribution in [2.75, 3.05) is 64.7 Å². The van der Waals surface area contributed by atoms with Crippen LogP contribution in [0.4, 0.5) is 21.0 Å². The monoisotopic (exact) mass is 805 g/mol. The van der Waals surface area contributed by atoms with Gasteiger partial charge in [0.25, 0.3) is 5.69 Å². The van der Waals surface area contributed by atoms with Crippen LogP contribution in [0.15, 0.2) is 48.5 Å². The standard InChI is InChI=1S/C38H55N5O14/c1-26(2)33(42-32(44)15-17-51-19-21-53-23-24-54-22-20-52-18-16-39-36(47)57-38(4,5)6)35(46)40-27(3)34(45)41-29-9-7-28(8-10-29)25-55-37(48)56-31-13-11-30(12-14-31)43(49)50/h7-14,26-27,33H,15-25H2,1-6H3,(H,39,47)(H,40,46)(H,41,45)(H,42,44)/t27-,33?/m0/s1. The number of carbonyl (C=O) groups is 5. The van der Waals surface area contributed by atoms with Crippen molar-refractivity contribution in [1.29, 1.82) is 0 Å². The van der Waals surface area contributed by atoms with E-state index in [1.165, 1.54) is 31.2 Å². The van der Waals surface area contributed by atoms with Gasteiger partial charge in [0, 0.05) is 30.8 Å². The van der Waals surface area contributed by atoms with Crippen molar-refractivity contribution in [3.63, 3.8) is 0 Å². The topological polar surface area (TPSA) is 241 Å². The van der Waals surface area contributed by atoms with Gasteiger partial charge < -0.3 is 54.4 Å². The zero-order chi connectivity index (χ0) is 42.2. The third-order valence-corrected chi connectivity index (χ3v) is 7.35. The summed E-state index contributed by atoms with van der Waals surface area (Å²) in [4.78, 5) is 72.1. The molecule has 0 bridgehead atoms. The smallest absolute Gasteiger partial charge is 0.444 e. The maximum absolute atomic E-state index is 13.0. The first kappa shape index (κ1) is 47.8. The van der Waals surface area contributed by atoms with E-state index in [1.807, 2.05) is 0 Å². The van der Waals surface area contributed by atoms with E-state index in [0.717, 1.165) is 0 Å². The van der Waals surface area contributed by atoms with Crippen LogP contribution in [-0.4, -0.2) is 112 Å². The molecular weight excluding hydrogens is 750 g/mol. The number of ether oxygens (including phenoxy) is 7. The Balaban J connectivity index is 1.56. The summed E-state index contributed by atoms with van der Waals surface area (Å²) >= 11 is 0. The molecular formula is C38H55N5O14. The molecule has 0 aliphatic heterocycles. The van der Waals surface area contributed by atoms with Crippen molar-refractivity contribution in [3.8, 4) is 5.75 Å². The first-order valence-electron chi connectivity index (χ1n) is 18.4. The van der Waals surface area contributed by atoms with Crippen molar-refractivity contribution in [3.05, 3.63) is 64.2 Å². The molecule has 0 spiro atoms. The highest BCUT2D eigenvalue weighted by Gasteiger charge is 2.27. The molecule has 2 atom stereocenters. The van der Waals surface area contributed by atoms with Crippen molar-refractivity contribution in [1.82, 2.24) is 16.0 Å². The SMILES string of the molecule is CC(C)C(NC(=O)CCOCCOCCOCCOCCNC(=O)OC(C)(C)C)C(=O)N[C@@H](C)C(=O)Nc1ccc(COC(=O)Oc2ccc([N+](=O)[O-])cc2)cc1. The van der Waals surface area contributed by atoms with Crippen molar-refractivity contribution in [2.45, 2.75) is 72.3 Å². The van der Waals surface area contributed by atoms with Gasteiger partial charge in [-0.3, -0.25) is 24.5 Å². The molecule has 2 aromatic carbocycles. The third kappa shape index (κ3) is 21.5. The number of nitrogens with one attached hydrogen (secondary N) is 4. The van der Waals surface area contributed by atoms with Crippen LogP contribution < -0.4 is 26.0 Å². The molecule has 0 saturated heterocycles. The normalized spacial score (nSPS) is 12.2. The van der Waals surface area contributed by atoms with Gasteiger partial charge in [-0.1, -0.05) is 26.0 Å². The number of amides is 4. The number of nitro groups is 1. The van der Waals surface area contributed by atoms with Crippen LogP contribution in [0, 0.1) is 16.0 Å². The molecule has 316 valence electrons. The lowest BCUT2D eigenvalue weighted by atomic mass is 10.0. The Morgan fingerprint density at radius 1 is 0.737 bits per heavy atom. The van der Waals surface area contributed by atoms with Gasteiger partial charge in [0.15, 0.2) is 0 Å². The predicted molar refractivity (Wildman–Crippen MR) is 205 cm³/mol. The largest absolute Gasteiger partial charge is 0.514 e. The summed E-state index contributed by atoms with van der Waals surface area (Å²) < 4.78 is 36.9. The molecule has 19 nitrogen and oxygen atoms in total. The van der Waals surface area contributed by atoms with E-state index in [4.69, 9.17) is 33.2 Å². The van der Waals surface area contributed by atoms with E-state index in [9.17, 15) is 34.1 Å². The van der Waals surface area contributed by atoms with Gasteiger partial charge in [0.1, 0.15) is 30.0 Å². The van der Waals surface area contributed by atoms with E-state index in [0.29, 0.717) is 57.4 Å². The Morgan fingerprint density at radius 3 is 1.84 bits per heavy atom. The zero-order valence-corrected chi connectivity index (χ0v) is 33.3. The second-order valence-corrected chi connectivity index (χ2v) is 13.7. The molecule has 0 aromatic heterocycles. The number of non-ortho nitro benzene ring substituents is 1. The molecule has 2 aromatic rings. The van der Waals surface area contributed by atoms with E-state index in [1.54, 1.807) is 58.9 Å². The fourth-order valence-electron chi connectivity index (χ4n) is 4.45. The van der Waals surface area contributed by atoms with E-state index in [-0.39, 0.29) is 49.5 Å². The molecule has 0 radical (unpaired) electrons. The van der Waals surface area contributed by atoms with Crippen LogP contribution >= 0.6 is 0 Å². The van der Waals surface area contributed by atoms with Gasteiger partial charge in [-0.2, -0.15) is 0 Å². The summed E-state index contributed by atoms with van der Waals surface area (Å²) in [5.41, 5.74) is 0.315. The molecule has 0 aliphatic rings. The Kier molecular flexibility index (Phi) is 21.6. The summed E-state index contributed by atoms with van der Waals surface area (Å²) in [6.07, 6.45) is -1.48. The molecule has 0 aliphatic carbocycles. The quantitative estimate of drug-likeness (QED) is 0.0366. The van der Waals surface area contributed by atoms with Gasteiger partial charge in [0.2, 0.25) is 17.7 Å². The average Bonchev–Trinajstić information content (AvgIpc) is 3.14. The van der Waals surface area contributed by atoms with Crippen LogP contribution in [0.2, 0.25) is 0 Å². The fourth-order valence-corrected chi connectivity index (χ4v) is 4.45. The lowest BCUT2D eigenvalue weighted by Crippen LogP contribution is -2.53. The maximum atomic E-state index is 13.0.